The summed E-state index contributed by atoms with van der Waals surface area (Å²) in [5.41, 5.74) is 1.83. The quantitative estimate of drug-likeness (QED) is 0.569. The fourth-order valence-corrected chi connectivity index (χ4v) is 3.73. The molecule has 122 valence electrons. The van der Waals surface area contributed by atoms with Crippen LogP contribution in [-0.4, -0.2) is 11.1 Å². The van der Waals surface area contributed by atoms with E-state index in [2.05, 4.69) is 44.4 Å². The minimum Gasteiger partial charge on any atom is -0.300 e. The molecular formula is C20H13BrN2OS. The summed E-state index contributed by atoms with van der Waals surface area (Å²) < 4.78 is 0.996. The SMILES string of the molecule is O=C1NC(=Nc2ccc(Br)cc2)SC1=Cc1cccc2ccccc12. The van der Waals surface area contributed by atoms with Gasteiger partial charge in [0.25, 0.3) is 5.91 Å². The number of benzene rings is 3. The van der Waals surface area contributed by atoms with Crippen molar-refractivity contribution in [2.45, 2.75) is 0 Å². The molecule has 0 radical (unpaired) electrons. The number of aliphatic imine (C=N–C) groups is 1. The molecule has 1 heterocycles. The molecule has 0 aliphatic carbocycles. The van der Waals surface area contributed by atoms with Crippen molar-refractivity contribution in [3.05, 3.63) is 81.7 Å². The second-order valence-electron chi connectivity index (χ2n) is 5.53. The van der Waals surface area contributed by atoms with E-state index in [4.69, 9.17) is 0 Å². The Balaban J connectivity index is 1.66. The van der Waals surface area contributed by atoms with Crippen LogP contribution in [0.25, 0.3) is 16.8 Å². The van der Waals surface area contributed by atoms with Crippen LogP contribution >= 0.6 is 27.7 Å². The van der Waals surface area contributed by atoms with Crippen LogP contribution in [0.2, 0.25) is 0 Å². The van der Waals surface area contributed by atoms with Crippen molar-refractivity contribution in [2.24, 2.45) is 4.99 Å². The Kier molecular flexibility index (Phi) is 4.42. The smallest absolute Gasteiger partial charge is 0.264 e. The number of halogens is 1. The number of amides is 1. The van der Waals surface area contributed by atoms with Crippen LogP contribution in [0.5, 0.6) is 0 Å². The first-order valence-electron chi connectivity index (χ1n) is 7.72. The van der Waals surface area contributed by atoms with Crippen LogP contribution in [0.4, 0.5) is 5.69 Å². The van der Waals surface area contributed by atoms with E-state index in [0.29, 0.717) is 10.1 Å². The van der Waals surface area contributed by atoms with Crippen LogP contribution < -0.4 is 5.32 Å². The third kappa shape index (κ3) is 3.52. The molecule has 25 heavy (non-hydrogen) atoms. The molecule has 1 amide bonds. The largest absolute Gasteiger partial charge is 0.300 e. The highest BCUT2D eigenvalue weighted by Crippen LogP contribution is 2.30. The molecule has 3 aromatic rings. The third-order valence-corrected chi connectivity index (χ3v) is 5.26. The summed E-state index contributed by atoms with van der Waals surface area (Å²) >= 11 is 4.76. The fraction of sp³-hybridized carbons (Fsp3) is 0. The molecule has 1 saturated heterocycles. The lowest BCUT2D eigenvalue weighted by Gasteiger charge is -2.02. The molecule has 5 heteroatoms. The normalized spacial score (nSPS) is 17.4. The van der Waals surface area contributed by atoms with E-state index in [-0.39, 0.29) is 5.91 Å². The Morgan fingerprint density at radius 3 is 2.56 bits per heavy atom. The maximum atomic E-state index is 12.3. The number of nitrogens with one attached hydrogen (secondary N) is 1. The maximum Gasteiger partial charge on any atom is 0.264 e. The summed E-state index contributed by atoms with van der Waals surface area (Å²) in [4.78, 5) is 17.4. The van der Waals surface area contributed by atoms with E-state index < -0.39 is 0 Å². The number of carbonyl (C=O) groups is 1. The Morgan fingerprint density at radius 1 is 0.960 bits per heavy atom. The number of nitrogens with zero attached hydrogens (tertiary/aromatic N) is 1. The predicted octanol–water partition coefficient (Wildman–Crippen LogP) is 5.49. The number of amidine groups is 1. The molecule has 0 spiro atoms. The van der Waals surface area contributed by atoms with Crippen molar-refractivity contribution < 1.29 is 4.79 Å². The minimum absolute atomic E-state index is 0.117. The Bertz CT molecular complexity index is 1020. The fourth-order valence-electron chi connectivity index (χ4n) is 2.63. The van der Waals surface area contributed by atoms with Crippen LogP contribution in [0.15, 0.2) is 81.1 Å². The Labute approximate surface area is 158 Å². The van der Waals surface area contributed by atoms with E-state index >= 15 is 0 Å². The number of rotatable bonds is 2. The highest BCUT2D eigenvalue weighted by atomic mass is 79.9. The van der Waals surface area contributed by atoms with E-state index in [1.54, 1.807) is 0 Å². The number of carbonyl (C=O) groups excluding carboxylic acids is 1. The second-order valence-corrected chi connectivity index (χ2v) is 7.47. The van der Waals surface area contributed by atoms with Gasteiger partial charge in [0.1, 0.15) is 0 Å². The van der Waals surface area contributed by atoms with Crippen LogP contribution in [-0.2, 0) is 4.79 Å². The highest BCUT2D eigenvalue weighted by Gasteiger charge is 2.24. The van der Waals surface area contributed by atoms with Gasteiger partial charge in [-0.05, 0) is 58.4 Å². The van der Waals surface area contributed by atoms with Gasteiger partial charge in [-0.1, -0.05) is 58.4 Å². The number of thioether (sulfide) groups is 1. The number of hydrogen-bond donors (Lipinski definition) is 1. The summed E-state index contributed by atoms with van der Waals surface area (Å²) in [6.45, 7) is 0. The average molecular weight is 409 g/mol. The highest BCUT2D eigenvalue weighted by molar-refractivity contribution is 9.10. The molecule has 4 rings (SSSR count). The summed E-state index contributed by atoms with van der Waals surface area (Å²) in [7, 11) is 0. The zero-order valence-corrected chi connectivity index (χ0v) is 15.5. The molecule has 3 aromatic carbocycles. The number of hydrogen-bond acceptors (Lipinski definition) is 3. The summed E-state index contributed by atoms with van der Waals surface area (Å²) in [6, 6.07) is 21.9. The van der Waals surface area contributed by atoms with Crippen molar-refractivity contribution in [1.29, 1.82) is 0 Å². The van der Waals surface area contributed by atoms with Gasteiger partial charge in [0, 0.05) is 4.47 Å². The standard InChI is InChI=1S/C20H13BrN2OS/c21-15-8-10-16(11-9-15)22-20-23-19(24)18(25-20)12-14-6-3-5-13-4-1-2-7-17(13)14/h1-12H,(H,22,23,24). The molecule has 0 atom stereocenters. The van der Waals surface area contributed by atoms with Gasteiger partial charge in [0.15, 0.2) is 5.17 Å². The summed E-state index contributed by atoms with van der Waals surface area (Å²) in [5.74, 6) is -0.117. The zero-order chi connectivity index (χ0) is 17.2. The van der Waals surface area contributed by atoms with E-state index in [1.807, 2.05) is 54.6 Å². The van der Waals surface area contributed by atoms with Crippen molar-refractivity contribution in [1.82, 2.24) is 5.32 Å². The minimum atomic E-state index is -0.117. The first-order chi connectivity index (χ1) is 12.2. The molecule has 0 unspecified atom stereocenters. The summed E-state index contributed by atoms with van der Waals surface area (Å²) in [5, 5.41) is 5.71. The lowest BCUT2D eigenvalue weighted by molar-refractivity contribution is -0.115. The molecule has 0 saturated carbocycles. The Hall–Kier alpha value is -2.37. The lowest BCUT2D eigenvalue weighted by Crippen LogP contribution is -2.19. The van der Waals surface area contributed by atoms with Crippen LogP contribution in [0.1, 0.15) is 5.56 Å². The van der Waals surface area contributed by atoms with Crippen molar-refractivity contribution in [3.63, 3.8) is 0 Å². The number of fused-ring (bicyclic) bond motifs is 1. The molecule has 0 bridgehead atoms. The van der Waals surface area contributed by atoms with Gasteiger partial charge in [0.2, 0.25) is 0 Å². The van der Waals surface area contributed by atoms with Crippen LogP contribution in [0.3, 0.4) is 0 Å². The predicted molar refractivity (Wildman–Crippen MR) is 109 cm³/mol. The first kappa shape index (κ1) is 16.1. The molecular weight excluding hydrogens is 396 g/mol. The summed E-state index contributed by atoms with van der Waals surface area (Å²) in [6.07, 6.45) is 1.92. The molecule has 0 aromatic heterocycles. The van der Waals surface area contributed by atoms with Gasteiger partial charge in [-0.25, -0.2) is 4.99 Å². The average Bonchev–Trinajstić information content (AvgIpc) is 2.96. The molecule has 3 nitrogen and oxygen atoms in total. The lowest BCUT2D eigenvalue weighted by atomic mass is 10.0. The van der Waals surface area contributed by atoms with Crippen molar-refractivity contribution >= 4 is 61.3 Å². The monoisotopic (exact) mass is 408 g/mol. The maximum absolute atomic E-state index is 12.3. The van der Waals surface area contributed by atoms with Gasteiger partial charge in [-0.2, -0.15) is 0 Å². The molecule has 1 N–H and O–H groups in total. The van der Waals surface area contributed by atoms with Gasteiger partial charge >= 0.3 is 0 Å². The Morgan fingerprint density at radius 2 is 1.72 bits per heavy atom. The van der Waals surface area contributed by atoms with Crippen LogP contribution in [0, 0.1) is 0 Å². The van der Waals surface area contributed by atoms with Crippen molar-refractivity contribution in [3.8, 4) is 0 Å². The first-order valence-corrected chi connectivity index (χ1v) is 9.33. The van der Waals surface area contributed by atoms with Gasteiger partial charge in [0.05, 0.1) is 10.6 Å². The van der Waals surface area contributed by atoms with E-state index in [1.165, 1.54) is 11.8 Å². The third-order valence-electron chi connectivity index (χ3n) is 3.82. The molecule has 1 aliphatic rings. The van der Waals surface area contributed by atoms with E-state index in [0.717, 1.165) is 26.5 Å². The molecule has 1 aliphatic heterocycles. The van der Waals surface area contributed by atoms with Gasteiger partial charge in [-0.3, -0.25) is 4.79 Å². The van der Waals surface area contributed by atoms with E-state index in [9.17, 15) is 4.79 Å². The zero-order valence-electron chi connectivity index (χ0n) is 13.1. The van der Waals surface area contributed by atoms with Gasteiger partial charge < -0.3 is 5.32 Å². The second kappa shape index (κ2) is 6.86. The van der Waals surface area contributed by atoms with Crippen molar-refractivity contribution in [2.75, 3.05) is 0 Å². The molecule has 1 fully saturated rings. The topological polar surface area (TPSA) is 41.5 Å². The van der Waals surface area contributed by atoms with Gasteiger partial charge in [-0.15, -0.1) is 0 Å².